The molecule has 0 aliphatic heterocycles. The fourth-order valence-corrected chi connectivity index (χ4v) is 1.98. The lowest BCUT2D eigenvalue weighted by Crippen LogP contribution is -2.05. The van der Waals surface area contributed by atoms with Crippen molar-refractivity contribution in [3.05, 3.63) is 52.5 Å². The minimum absolute atomic E-state index is 0.436. The van der Waals surface area contributed by atoms with Crippen LogP contribution in [-0.2, 0) is 0 Å². The zero-order valence-electron chi connectivity index (χ0n) is 10.8. The Morgan fingerprint density at radius 3 is 2.50 bits per heavy atom. The Kier molecular flexibility index (Phi) is 5.39. The number of nitrogens with two attached hydrogens (primary N) is 1. The Bertz CT molecular complexity index is 576. The molecule has 0 bridgehead atoms. The van der Waals surface area contributed by atoms with E-state index in [0.29, 0.717) is 34.7 Å². The summed E-state index contributed by atoms with van der Waals surface area (Å²) in [7, 11) is 0. The number of anilines is 1. The average molecular weight is 312 g/mol. The molecule has 2 N–H and O–H groups in total. The van der Waals surface area contributed by atoms with Crippen molar-refractivity contribution in [1.29, 1.82) is 0 Å². The number of rotatable bonds is 6. The molecule has 0 saturated carbocycles. The highest BCUT2D eigenvalue weighted by Gasteiger charge is 2.04. The minimum atomic E-state index is 0.436. The SMILES string of the molecule is Nc1cccc(OCCCOc2cccc(Cl)c2Cl)c1. The first-order valence-corrected chi connectivity index (χ1v) is 6.97. The van der Waals surface area contributed by atoms with Crippen molar-refractivity contribution < 1.29 is 9.47 Å². The van der Waals surface area contributed by atoms with E-state index in [9.17, 15) is 0 Å². The average Bonchev–Trinajstić information content (AvgIpc) is 2.43. The molecule has 0 heterocycles. The van der Waals surface area contributed by atoms with E-state index < -0.39 is 0 Å². The molecule has 0 atom stereocenters. The maximum absolute atomic E-state index is 6.02. The highest BCUT2D eigenvalue weighted by molar-refractivity contribution is 6.42. The van der Waals surface area contributed by atoms with Gasteiger partial charge in [0.05, 0.1) is 18.2 Å². The summed E-state index contributed by atoms with van der Waals surface area (Å²) in [5, 5.41) is 0.922. The molecule has 3 nitrogen and oxygen atoms in total. The Hall–Kier alpha value is -1.58. The number of ether oxygens (including phenoxy) is 2. The Balaban J connectivity index is 1.73. The van der Waals surface area contributed by atoms with Crippen molar-refractivity contribution in [2.45, 2.75) is 6.42 Å². The predicted octanol–water partition coefficient (Wildman–Crippen LogP) is 4.42. The van der Waals surface area contributed by atoms with Crippen molar-refractivity contribution >= 4 is 28.9 Å². The monoisotopic (exact) mass is 311 g/mol. The zero-order valence-corrected chi connectivity index (χ0v) is 12.3. The minimum Gasteiger partial charge on any atom is -0.493 e. The molecule has 2 aromatic carbocycles. The van der Waals surface area contributed by atoms with Gasteiger partial charge in [-0.2, -0.15) is 0 Å². The topological polar surface area (TPSA) is 44.5 Å². The second-order valence-corrected chi connectivity index (χ2v) is 4.96. The summed E-state index contributed by atoms with van der Waals surface area (Å²) >= 11 is 11.9. The van der Waals surface area contributed by atoms with Crippen LogP contribution >= 0.6 is 23.2 Å². The highest BCUT2D eigenvalue weighted by Crippen LogP contribution is 2.31. The van der Waals surface area contributed by atoms with Crippen LogP contribution in [0.3, 0.4) is 0 Å². The van der Waals surface area contributed by atoms with E-state index in [1.165, 1.54) is 0 Å². The lowest BCUT2D eigenvalue weighted by molar-refractivity contribution is 0.247. The lowest BCUT2D eigenvalue weighted by Gasteiger charge is -2.10. The normalized spacial score (nSPS) is 10.3. The number of halogens is 2. The van der Waals surface area contributed by atoms with E-state index in [1.807, 2.05) is 18.2 Å². The summed E-state index contributed by atoms with van der Waals surface area (Å²) in [4.78, 5) is 0. The van der Waals surface area contributed by atoms with E-state index in [4.69, 9.17) is 38.4 Å². The van der Waals surface area contributed by atoms with Crippen molar-refractivity contribution in [1.82, 2.24) is 0 Å². The molecule has 0 unspecified atom stereocenters. The third-order valence-corrected chi connectivity index (χ3v) is 3.39. The summed E-state index contributed by atoms with van der Waals surface area (Å²) in [5.41, 5.74) is 6.35. The molecular weight excluding hydrogens is 297 g/mol. The maximum atomic E-state index is 6.02. The molecule has 0 saturated heterocycles. The second kappa shape index (κ2) is 7.27. The number of nitrogen functional groups attached to an aromatic ring is 1. The maximum Gasteiger partial charge on any atom is 0.139 e. The molecule has 5 heteroatoms. The van der Waals surface area contributed by atoms with Gasteiger partial charge in [-0.1, -0.05) is 35.3 Å². The third kappa shape index (κ3) is 4.22. The van der Waals surface area contributed by atoms with Crippen molar-refractivity contribution in [2.75, 3.05) is 18.9 Å². The summed E-state index contributed by atoms with van der Waals surface area (Å²) < 4.78 is 11.1. The van der Waals surface area contributed by atoms with Crippen LogP contribution in [0.5, 0.6) is 11.5 Å². The fourth-order valence-electron chi connectivity index (χ4n) is 1.63. The number of hydrogen-bond donors (Lipinski definition) is 1. The predicted molar refractivity (Wildman–Crippen MR) is 82.9 cm³/mol. The first-order chi connectivity index (χ1) is 9.66. The fraction of sp³-hybridized carbons (Fsp3) is 0.200. The van der Waals surface area contributed by atoms with Crippen LogP contribution in [0.1, 0.15) is 6.42 Å². The van der Waals surface area contributed by atoms with Gasteiger partial charge in [-0.25, -0.2) is 0 Å². The first kappa shape index (κ1) is 14.8. The molecule has 0 aromatic heterocycles. The van der Waals surface area contributed by atoms with E-state index in [-0.39, 0.29) is 0 Å². The Labute approximate surface area is 128 Å². The quantitative estimate of drug-likeness (QED) is 0.634. The van der Waals surface area contributed by atoms with Gasteiger partial charge in [0.15, 0.2) is 0 Å². The number of hydrogen-bond acceptors (Lipinski definition) is 3. The second-order valence-electron chi connectivity index (χ2n) is 4.17. The molecule has 0 aliphatic rings. The molecule has 106 valence electrons. The Morgan fingerprint density at radius 1 is 0.950 bits per heavy atom. The largest absolute Gasteiger partial charge is 0.493 e. The van der Waals surface area contributed by atoms with Gasteiger partial charge in [0.2, 0.25) is 0 Å². The lowest BCUT2D eigenvalue weighted by atomic mass is 10.3. The van der Waals surface area contributed by atoms with Crippen LogP contribution in [-0.4, -0.2) is 13.2 Å². The molecule has 0 radical (unpaired) electrons. The third-order valence-electron chi connectivity index (χ3n) is 2.59. The van der Waals surface area contributed by atoms with Crippen molar-refractivity contribution in [3.63, 3.8) is 0 Å². The molecule has 0 aliphatic carbocycles. The van der Waals surface area contributed by atoms with E-state index in [1.54, 1.807) is 24.3 Å². The van der Waals surface area contributed by atoms with Crippen LogP contribution < -0.4 is 15.2 Å². The highest BCUT2D eigenvalue weighted by atomic mass is 35.5. The Morgan fingerprint density at radius 2 is 1.70 bits per heavy atom. The zero-order chi connectivity index (χ0) is 14.4. The first-order valence-electron chi connectivity index (χ1n) is 6.22. The van der Waals surface area contributed by atoms with E-state index >= 15 is 0 Å². The molecule has 0 fully saturated rings. The van der Waals surface area contributed by atoms with Gasteiger partial charge >= 0.3 is 0 Å². The molecule has 2 aromatic rings. The van der Waals surface area contributed by atoms with Gasteiger partial charge in [-0.3, -0.25) is 0 Å². The van der Waals surface area contributed by atoms with Gasteiger partial charge in [0.1, 0.15) is 16.5 Å². The number of benzene rings is 2. The summed E-state index contributed by atoms with van der Waals surface area (Å²) in [6.45, 7) is 1.05. The van der Waals surface area contributed by atoms with Gasteiger partial charge in [-0.05, 0) is 24.3 Å². The van der Waals surface area contributed by atoms with Crippen LogP contribution in [0.4, 0.5) is 5.69 Å². The van der Waals surface area contributed by atoms with Gasteiger partial charge in [-0.15, -0.1) is 0 Å². The van der Waals surface area contributed by atoms with Crippen molar-refractivity contribution in [2.24, 2.45) is 0 Å². The van der Waals surface area contributed by atoms with Crippen LogP contribution in [0, 0.1) is 0 Å². The molecule has 0 amide bonds. The molecule has 0 spiro atoms. The molecule has 20 heavy (non-hydrogen) atoms. The summed E-state index contributed by atoms with van der Waals surface area (Å²) in [6, 6.07) is 12.6. The summed E-state index contributed by atoms with van der Waals surface area (Å²) in [6.07, 6.45) is 0.734. The van der Waals surface area contributed by atoms with Gasteiger partial charge < -0.3 is 15.2 Å². The molecule has 2 rings (SSSR count). The van der Waals surface area contributed by atoms with Gasteiger partial charge in [0.25, 0.3) is 0 Å². The van der Waals surface area contributed by atoms with Crippen LogP contribution in [0.25, 0.3) is 0 Å². The van der Waals surface area contributed by atoms with Crippen molar-refractivity contribution in [3.8, 4) is 11.5 Å². The molecular formula is C15H15Cl2NO2. The van der Waals surface area contributed by atoms with Crippen LogP contribution in [0.2, 0.25) is 10.0 Å². The smallest absolute Gasteiger partial charge is 0.139 e. The standard InChI is InChI=1S/C15H15Cl2NO2/c16-13-6-2-7-14(15(13)17)20-9-3-8-19-12-5-1-4-11(18)10-12/h1-2,4-7,10H,3,8-9,18H2. The van der Waals surface area contributed by atoms with E-state index in [2.05, 4.69) is 0 Å². The van der Waals surface area contributed by atoms with Gasteiger partial charge in [0, 0.05) is 18.2 Å². The summed E-state index contributed by atoms with van der Waals surface area (Å²) in [5.74, 6) is 1.34. The van der Waals surface area contributed by atoms with E-state index in [0.717, 1.165) is 12.2 Å². The van der Waals surface area contributed by atoms with Crippen LogP contribution in [0.15, 0.2) is 42.5 Å².